The van der Waals surface area contributed by atoms with Gasteiger partial charge in [0.2, 0.25) is 0 Å². The largest absolute Gasteiger partial charge is 0.313 e. The van der Waals surface area contributed by atoms with Gasteiger partial charge in [0.25, 0.3) is 0 Å². The molecule has 1 aromatic heterocycles. The summed E-state index contributed by atoms with van der Waals surface area (Å²) in [6.07, 6.45) is 14.0. The van der Waals surface area contributed by atoms with Crippen LogP contribution in [0.1, 0.15) is 36.8 Å². The van der Waals surface area contributed by atoms with Gasteiger partial charge in [0.15, 0.2) is 5.82 Å². The molecule has 1 aromatic carbocycles. The summed E-state index contributed by atoms with van der Waals surface area (Å²) in [5, 5.41) is 3.24. The van der Waals surface area contributed by atoms with E-state index in [4.69, 9.17) is 0 Å². The van der Waals surface area contributed by atoms with Crippen LogP contribution in [0.25, 0.3) is 17.0 Å². The molecule has 3 heteroatoms. The van der Waals surface area contributed by atoms with Gasteiger partial charge in [0.1, 0.15) is 0 Å². The molecule has 1 N–H and O–H groups in total. The Labute approximate surface area is 144 Å². The van der Waals surface area contributed by atoms with Crippen molar-refractivity contribution in [2.75, 3.05) is 7.05 Å². The van der Waals surface area contributed by atoms with E-state index in [9.17, 15) is 0 Å². The zero-order valence-corrected chi connectivity index (χ0v) is 14.3. The van der Waals surface area contributed by atoms with Gasteiger partial charge < -0.3 is 5.32 Å². The van der Waals surface area contributed by atoms with Crippen molar-refractivity contribution in [2.24, 2.45) is 0 Å². The third-order valence-corrected chi connectivity index (χ3v) is 4.64. The molecule has 0 radical (unpaired) electrons. The Morgan fingerprint density at radius 3 is 2.46 bits per heavy atom. The highest BCUT2D eigenvalue weighted by Gasteiger charge is 2.09. The van der Waals surface area contributed by atoms with Gasteiger partial charge in [-0.2, -0.15) is 0 Å². The number of nitrogens with zero attached hydrogens (tertiary/aromatic N) is 2. The molecule has 0 bridgehead atoms. The Hall–Kier alpha value is -2.26. The highest BCUT2D eigenvalue weighted by Crippen LogP contribution is 2.26. The monoisotopic (exact) mass is 319 g/mol. The van der Waals surface area contributed by atoms with E-state index in [1.165, 1.54) is 30.4 Å². The second-order valence-corrected chi connectivity index (χ2v) is 6.30. The minimum atomic E-state index is 0.301. The van der Waals surface area contributed by atoms with E-state index in [0.29, 0.717) is 6.04 Å². The quantitative estimate of drug-likeness (QED) is 0.801. The zero-order valence-electron chi connectivity index (χ0n) is 14.3. The average Bonchev–Trinajstić information content (AvgIpc) is 2.67. The van der Waals surface area contributed by atoms with Crippen molar-refractivity contribution in [2.45, 2.75) is 38.1 Å². The normalized spacial score (nSPS) is 15.6. The first kappa shape index (κ1) is 16.6. The van der Waals surface area contributed by atoms with Gasteiger partial charge in [0, 0.05) is 29.6 Å². The van der Waals surface area contributed by atoms with Gasteiger partial charge in [0.05, 0.1) is 0 Å². The van der Waals surface area contributed by atoms with Crippen molar-refractivity contribution in [3.63, 3.8) is 0 Å². The fourth-order valence-corrected chi connectivity index (χ4v) is 3.09. The van der Waals surface area contributed by atoms with Crippen molar-refractivity contribution in [3.8, 4) is 11.4 Å². The van der Waals surface area contributed by atoms with E-state index in [-0.39, 0.29) is 0 Å². The minimum absolute atomic E-state index is 0.301. The van der Waals surface area contributed by atoms with Crippen molar-refractivity contribution in [1.29, 1.82) is 0 Å². The summed E-state index contributed by atoms with van der Waals surface area (Å²) < 4.78 is 0. The summed E-state index contributed by atoms with van der Waals surface area (Å²) in [4.78, 5) is 9.13. The van der Waals surface area contributed by atoms with Gasteiger partial charge in [-0.25, -0.2) is 9.97 Å². The Kier molecular flexibility index (Phi) is 5.55. The molecule has 0 amide bonds. The van der Waals surface area contributed by atoms with Crippen molar-refractivity contribution in [3.05, 3.63) is 66.5 Å². The van der Waals surface area contributed by atoms with Crippen LogP contribution in [0.2, 0.25) is 0 Å². The summed E-state index contributed by atoms with van der Waals surface area (Å²) in [6.45, 7) is 3.85. The number of benzene rings is 1. The van der Waals surface area contributed by atoms with Crippen LogP contribution in [-0.2, 0) is 6.42 Å². The molecular formula is C21H25N3. The molecule has 24 heavy (non-hydrogen) atoms. The van der Waals surface area contributed by atoms with Crippen LogP contribution in [0.4, 0.5) is 0 Å². The Morgan fingerprint density at radius 2 is 1.88 bits per heavy atom. The van der Waals surface area contributed by atoms with Gasteiger partial charge in [-0.05, 0) is 50.3 Å². The predicted molar refractivity (Wildman–Crippen MR) is 101 cm³/mol. The summed E-state index contributed by atoms with van der Waals surface area (Å²) in [5.74, 6) is 0.788. The minimum Gasteiger partial charge on any atom is -0.313 e. The Morgan fingerprint density at radius 1 is 1.12 bits per heavy atom. The number of likely N-dealkylation sites (N-methyl/N-ethyl adjacent to an activating group) is 1. The highest BCUT2D eigenvalue weighted by atomic mass is 14.9. The summed E-state index contributed by atoms with van der Waals surface area (Å²) in [7, 11) is 1.96. The number of allylic oxidation sites excluding steroid dienone is 2. The molecule has 0 aliphatic heterocycles. The highest BCUT2D eigenvalue weighted by molar-refractivity contribution is 5.66. The second kappa shape index (κ2) is 8.02. The third-order valence-electron chi connectivity index (χ3n) is 4.64. The van der Waals surface area contributed by atoms with Crippen molar-refractivity contribution < 1.29 is 0 Å². The van der Waals surface area contributed by atoms with E-state index in [0.717, 1.165) is 29.8 Å². The number of nitrogens with one attached hydrogen (secondary N) is 1. The average molecular weight is 319 g/mol. The maximum Gasteiger partial charge on any atom is 0.159 e. The van der Waals surface area contributed by atoms with Crippen molar-refractivity contribution in [1.82, 2.24) is 15.3 Å². The SMILES string of the molecule is C=CC(Cc1ccc(-c2ncc(C3=CCCCC3)cn2)cc1)NC. The maximum absolute atomic E-state index is 4.57. The molecule has 1 unspecified atom stereocenters. The van der Waals surface area contributed by atoms with Crippen LogP contribution in [0.5, 0.6) is 0 Å². The predicted octanol–water partition coefficient (Wildman–Crippen LogP) is 4.42. The molecule has 2 aromatic rings. The van der Waals surface area contributed by atoms with E-state index in [1.54, 1.807) is 0 Å². The van der Waals surface area contributed by atoms with Crippen LogP contribution in [0.3, 0.4) is 0 Å². The maximum atomic E-state index is 4.57. The van der Waals surface area contributed by atoms with Gasteiger partial charge >= 0.3 is 0 Å². The first-order valence-corrected chi connectivity index (χ1v) is 8.70. The van der Waals surface area contributed by atoms with Crippen LogP contribution >= 0.6 is 0 Å². The van der Waals surface area contributed by atoms with E-state index in [1.807, 2.05) is 25.5 Å². The lowest BCUT2D eigenvalue weighted by atomic mass is 9.95. The number of rotatable bonds is 6. The molecule has 0 saturated heterocycles. The molecule has 1 atom stereocenters. The number of aromatic nitrogens is 2. The van der Waals surface area contributed by atoms with Crippen LogP contribution in [0, 0.1) is 0 Å². The zero-order chi connectivity index (χ0) is 16.8. The third kappa shape index (κ3) is 3.98. The summed E-state index contributed by atoms with van der Waals surface area (Å²) in [5.41, 5.74) is 4.90. The lowest BCUT2D eigenvalue weighted by Gasteiger charge is -2.13. The van der Waals surface area contributed by atoms with Gasteiger partial charge in [-0.3, -0.25) is 0 Å². The lowest BCUT2D eigenvalue weighted by molar-refractivity contribution is 0.665. The van der Waals surface area contributed by atoms with E-state index < -0.39 is 0 Å². The summed E-state index contributed by atoms with van der Waals surface area (Å²) in [6, 6.07) is 8.78. The molecule has 1 aliphatic carbocycles. The molecule has 0 saturated carbocycles. The Bertz CT molecular complexity index is 699. The number of hydrogen-bond acceptors (Lipinski definition) is 3. The summed E-state index contributed by atoms with van der Waals surface area (Å²) >= 11 is 0. The first-order chi connectivity index (χ1) is 11.8. The molecular weight excluding hydrogens is 294 g/mol. The van der Waals surface area contributed by atoms with Crippen LogP contribution in [0.15, 0.2) is 55.4 Å². The van der Waals surface area contributed by atoms with E-state index >= 15 is 0 Å². The molecule has 0 spiro atoms. The Balaban J connectivity index is 1.72. The molecule has 124 valence electrons. The topological polar surface area (TPSA) is 37.8 Å². The number of hydrogen-bond donors (Lipinski definition) is 1. The second-order valence-electron chi connectivity index (χ2n) is 6.30. The first-order valence-electron chi connectivity index (χ1n) is 8.70. The van der Waals surface area contributed by atoms with Crippen LogP contribution < -0.4 is 5.32 Å². The smallest absolute Gasteiger partial charge is 0.159 e. The standard InChI is InChI=1S/C21H25N3/c1-3-20(22-2)13-16-9-11-18(12-10-16)21-23-14-19(15-24-21)17-7-5-4-6-8-17/h3,7,9-12,14-15,20,22H,1,4-6,8,13H2,2H3. The molecule has 3 nitrogen and oxygen atoms in total. The molecule has 1 heterocycles. The molecule has 3 rings (SSSR count). The van der Waals surface area contributed by atoms with Crippen LogP contribution in [-0.4, -0.2) is 23.1 Å². The lowest BCUT2D eigenvalue weighted by Crippen LogP contribution is -2.24. The molecule has 0 fully saturated rings. The van der Waals surface area contributed by atoms with Crippen molar-refractivity contribution >= 4 is 5.57 Å². The fourth-order valence-electron chi connectivity index (χ4n) is 3.09. The van der Waals surface area contributed by atoms with Gasteiger partial charge in [-0.1, -0.05) is 36.4 Å². The fraction of sp³-hybridized carbons (Fsp3) is 0.333. The molecule has 1 aliphatic rings. The van der Waals surface area contributed by atoms with Gasteiger partial charge in [-0.15, -0.1) is 6.58 Å². The van der Waals surface area contributed by atoms with E-state index in [2.05, 4.69) is 52.2 Å².